The van der Waals surface area contributed by atoms with Crippen LogP contribution in [0.3, 0.4) is 0 Å². The van der Waals surface area contributed by atoms with Gasteiger partial charge in [0.2, 0.25) is 5.78 Å². The van der Waals surface area contributed by atoms with Gasteiger partial charge in [-0.15, -0.1) is 0 Å². The van der Waals surface area contributed by atoms with Gasteiger partial charge in [0.1, 0.15) is 11.5 Å². The Morgan fingerprint density at radius 3 is 2.71 bits per heavy atom. The van der Waals surface area contributed by atoms with Crippen LogP contribution in [-0.4, -0.2) is 30.1 Å². The summed E-state index contributed by atoms with van der Waals surface area (Å²) in [6.07, 6.45) is 3.25. The van der Waals surface area contributed by atoms with E-state index in [1.807, 2.05) is 31.2 Å². The number of hydrogen-bond donors (Lipinski definition) is 2. The minimum Gasteiger partial charge on any atom is -0.326 e. The molecule has 0 fully saturated rings. The summed E-state index contributed by atoms with van der Waals surface area (Å²) < 4.78 is 3.33. The predicted octanol–water partition coefficient (Wildman–Crippen LogP) is 2.80. The summed E-state index contributed by atoms with van der Waals surface area (Å²) in [5.41, 5.74) is 9.40. The highest BCUT2D eigenvalue weighted by atomic mass is 35.5. The molecule has 0 aliphatic rings. The second-order valence-corrected chi connectivity index (χ2v) is 6.71. The van der Waals surface area contributed by atoms with E-state index in [4.69, 9.17) is 17.3 Å². The molecule has 3 heterocycles. The molecule has 8 nitrogen and oxygen atoms in total. The molecule has 1 amide bonds. The Bertz CT molecular complexity index is 1190. The minimum absolute atomic E-state index is 0.232. The van der Waals surface area contributed by atoms with Crippen LogP contribution in [0.25, 0.3) is 17.0 Å². The molecule has 0 aliphatic heterocycles. The maximum Gasteiger partial charge on any atom is 0.277 e. The van der Waals surface area contributed by atoms with Crippen molar-refractivity contribution < 1.29 is 4.79 Å². The number of imidazole rings is 1. The number of nitrogens with one attached hydrogen (secondary N) is 1. The summed E-state index contributed by atoms with van der Waals surface area (Å²) >= 11 is 6.44. The molecule has 3 N–H and O–H groups in total. The number of aromatic nitrogens is 5. The van der Waals surface area contributed by atoms with Gasteiger partial charge in [-0.2, -0.15) is 5.10 Å². The molecule has 0 atom stereocenters. The van der Waals surface area contributed by atoms with E-state index in [2.05, 4.69) is 20.4 Å². The number of fused-ring (bicyclic) bond motifs is 1. The standard InChI is InChI=1S/C19H18ClN7O/c1-11-13(9-21)17(12-5-3-4-6-14(12)20)27-10-15(24-19(27)23-11)18(28)25-16-7-8-22-26(16)2/h3-8,10H,9,21H2,1-2H3,(H,25,28). The Morgan fingerprint density at radius 1 is 1.25 bits per heavy atom. The van der Waals surface area contributed by atoms with Crippen molar-refractivity contribution in [1.82, 2.24) is 24.1 Å². The third-order valence-electron chi connectivity index (χ3n) is 4.55. The molecule has 4 rings (SSSR count). The van der Waals surface area contributed by atoms with Gasteiger partial charge in [-0.05, 0) is 13.0 Å². The van der Waals surface area contributed by atoms with Gasteiger partial charge in [0.05, 0.1) is 11.9 Å². The quantitative estimate of drug-likeness (QED) is 0.553. The lowest BCUT2D eigenvalue weighted by Crippen LogP contribution is -2.14. The molecule has 0 bridgehead atoms. The van der Waals surface area contributed by atoms with Crippen LogP contribution in [0.1, 0.15) is 21.7 Å². The first kappa shape index (κ1) is 18.1. The van der Waals surface area contributed by atoms with E-state index in [-0.39, 0.29) is 18.1 Å². The maximum atomic E-state index is 12.7. The normalized spacial score (nSPS) is 11.1. The second kappa shape index (κ2) is 7.06. The van der Waals surface area contributed by atoms with Crippen LogP contribution < -0.4 is 11.1 Å². The first-order valence-electron chi connectivity index (χ1n) is 8.62. The number of anilines is 1. The summed E-state index contributed by atoms with van der Waals surface area (Å²) in [6.45, 7) is 2.15. The van der Waals surface area contributed by atoms with Gasteiger partial charge in [-0.1, -0.05) is 29.8 Å². The fourth-order valence-electron chi connectivity index (χ4n) is 3.12. The van der Waals surface area contributed by atoms with Crippen molar-refractivity contribution in [1.29, 1.82) is 0 Å². The number of hydrogen-bond acceptors (Lipinski definition) is 5. The van der Waals surface area contributed by atoms with Crippen LogP contribution in [0.15, 0.2) is 42.7 Å². The Morgan fingerprint density at radius 2 is 2.04 bits per heavy atom. The van der Waals surface area contributed by atoms with Gasteiger partial charge in [0.25, 0.3) is 5.91 Å². The Labute approximate surface area is 166 Å². The number of carbonyl (C=O) groups excluding carboxylic acids is 1. The highest BCUT2D eigenvalue weighted by Crippen LogP contribution is 2.32. The summed E-state index contributed by atoms with van der Waals surface area (Å²) in [5, 5.41) is 7.41. The van der Waals surface area contributed by atoms with Crippen molar-refractivity contribution in [3.8, 4) is 11.3 Å². The summed E-state index contributed by atoms with van der Waals surface area (Å²) in [6, 6.07) is 9.19. The van der Waals surface area contributed by atoms with E-state index in [1.165, 1.54) is 0 Å². The molecule has 0 spiro atoms. The van der Waals surface area contributed by atoms with Crippen molar-refractivity contribution in [2.24, 2.45) is 12.8 Å². The molecular weight excluding hydrogens is 378 g/mol. The number of nitrogens with zero attached hydrogens (tertiary/aromatic N) is 5. The Kier molecular flexibility index (Phi) is 4.58. The van der Waals surface area contributed by atoms with E-state index < -0.39 is 0 Å². The van der Waals surface area contributed by atoms with Crippen LogP contribution in [0.5, 0.6) is 0 Å². The lowest BCUT2D eigenvalue weighted by molar-refractivity contribution is 0.102. The third-order valence-corrected chi connectivity index (χ3v) is 4.88. The van der Waals surface area contributed by atoms with Crippen LogP contribution in [0.4, 0.5) is 5.82 Å². The molecular formula is C19H18ClN7O. The third kappa shape index (κ3) is 3.02. The average molecular weight is 396 g/mol. The minimum atomic E-state index is -0.355. The van der Waals surface area contributed by atoms with Gasteiger partial charge in [-0.25, -0.2) is 9.97 Å². The van der Waals surface area contributed by atoms with Gasteiger partial charge in [0, 0.05) is 47.7 Å². The molecule has 4 aromatic rings. The number of benzene rings is 1. The molecule has 1 aromatic carbocycles. The van der Waals surface area contributed by atoms with Gasteiger partial charge in [0.15, 0.2) is 0 Å². The number of amides is 1. The molecule has 0 radical (unpaired) electrons. The van der Waals surface area contributed by atoms with Crippen molar-refractivity contribution in [2.45, 2.75) is 13.5 Å². The zero-order valence-electron chi connectivity index (χ0n) is 15.3. The van der Waals surface area contributed by atoms with Crippen LogP contribution in [0.2, 0.25) is 5.02 Å². The predicted molar refractivity (Wildman–Crippen MR) is 107 cm³/mol. The first-order valence-corrected chi connectivity index (χ1v) is 9.00. The maximum absolute atomic E-state index is 12.7. The number of carbonyl (C=O) groups is 1. The van der Waals surface area contributed by atoms with E-state index >= 15 is 0 Å². The SMILES string of the molecule is Cc1nc2nc(C(=O)Nc3ccnn3C)cn2c(-c2ccccc2Cl)c1CN. The van der Waals surface area contributed by atoms with Crippen LogP contribution >= 0.6 is 11.6 Å². The zero-order valence-corrected chi connectivity index (χ0v) is 16.1. The van der Waals surface area contributed by atoms with Crippen molar-refractivity contribution in [3.63, 3.8) is 0 Å². The van der Waals surface area contributed by atoms with Crippen LogP contribution in [0, 0.1) is 6.92 Å². The Balaban J connectivity index is 1.87. The first-order chi connectivity index (χ1) is 13.5. The molecule has 142 valence electrons. The number of rotatable bonds is 4. The average Bonchev–Trinajstić information content (AvgIpc) is 3.27. The summed E-state index contributed by atoms with van der Waals surface area (Å²) in [5.74, 6) is 0.617. The van der Waals surface area contributed by atoms with E-state index in [0.717, 1.165) is 22.5 Å². The van der Waals surface area contributed by atoms with E-state index in [9.17, 15) is 4.79 Å². The smallest absolute Gasteiger partial charge is 0.277 e. The lowest BCUT2D eigenvalue weighted by atomic mass is 10.0. The Hall–Kier alpha value is -3.23. The highest BCUT2D eigenvalue weighted by Gasteiger charge is 2.20. The highest BCUT2D eigenvalue weighted by molar-refractivity contribution is 6.33. The van der Waals surface area contributed by atoms with Gasteiger partial charge < -0.3 is 11.1 Å². The fourth-order valence-corrected chi connectivity index (χ4v) is 3.35. The van der Waals surface area contributed by atoms with Gasteiger partial charge >= 0.3 is 0 Å². The molecule has 0 unspecified atom stereocenters. The molecule has 9 heteroatoms. The molecule has 0 saturated heterocycles. The fraction of sp³-hybridized carbons (Fsp3) is 0.158. The molecule has 3 aromatic heterocycles. The number of halogens is 1. The van der Waals surface area contributed by atoms with Crippen molar-refractivity contribution >= 4 is 29.1 Å². The van der Waals surface area contributed by atoms with E-state index in [1.54, 1.807) is 34.6 Å². The van der Waals surface area contributed by atoms with Crippen LogP contribution in [-0.2, 0) is 13.6 Å². The lowest BCUT2D eigenvalue weighted by Gasteiger charge is -2.14. The molecule has 28 heavy (non-hydrogen) atoms. The second-order valence-electron chi connectivity index (χ2n) is 6.30. The summed E-state index contributed by atoms with van der Waals surface area (Å²) in [7, 11) is 1.74. The van der Waals surface area contributed by atoms with Gasteiger partial charge in [-0.3, -0.25) is 13.9 Å². The topological polar surface area (TPSA) is 103 Å². The zero-order chi connectivity index (χ0) is 19.8. The summed E-state index contributed by atoms with van der Waals surface area (Å²) in [4.78, 5) is 21.6. The van der Waals surface area contributed by atoms with Crippen molar-refractivity contribution in [3.05, 3.63) is 64.7 Å². The largest absolute Gasteiger partial charge is 0.326 e. The molecule has 0 aliphatic carbocycles. The number of nitrogens with two attached hydrogens (primary N) is 1. The van der Waals surface area contributed by atoms with Crippen molar-refractivity contribution in [2.75, 3.05) is 5.32 Å². The number of aryl methyl sites for hydroxylation is 2. The molecule has 0 saturated carbocycles. The van der Waals surface area contributed by atoms with E-state index in [0.29, 0.717) is 16.6 Å². The monoisotopic (exact) mass is 395 g/mol.